The highest BCUT2D eigenvalue weighted by Crippen LogP contribution is 2.33. The predicted molar refractivity (Wildman–Crippen MR) is 104 cm³/mol. The number of rotatable bonds is 6. The van der Waals surface area contributed by atoms with Gasteiger partial charge < -0.3 is 24.4 Å². The summed E-state index contributed by atoms with van der Waals surface area (Å²) in [4.78, 5) is 14.3. The third-order valence-corrected chi connectivity index (χ3v) is 5.79. The van der Waals surface area contributed by atoms with E-state index in [0.717, 1.165) is 6.26 Å². The number of hydrogen-bond donors (Lipinski definition) is 2. The second kappa shape index (κ2) is 8.54. The van der Waals surface area contributed by atoms with Gasteiger partial charge in [-0.15, -0.1) is 0 Å². The molecule has 0 spiro atoms. The fourth-order valence-electron chi connectivity index (χ4n) is 3.56. The summed E-state index contributed by atoms with van der Waals surface area (Å²) in [6.45, 7) is 2.34. The van der Waals surface area contributed by atoms with Gasteiger partial charge in [-0.3, -0.25) is 0 Å². The molecule has 2 aliphatic heterocycles. The van der Waals surface area contributed by atoms with Gasteiger partial charge in [-0.2, -0.15) is 0 Å². The molecule has 1 aromatic rings. The molecule has 0 radical (unpaired) electrons. The number of amides is 2. The molecule has 10 heteroatoms. The van der Waals surface area contributed by atoms with Gasteiger partial charge in [-0.05, 0) is 31.4 Å². The summed E-state index contributed by atoms with van der Waals surface area (Å²) in [5.74, 6) is 1.27. The van der Waals surface area contributed by atoms with E-state index in [9.17, 15) is 13.2 Å². The molecule has 9 nitrogen and oxygen atoms in total. The first-order valence-corrected chi connectivity index (χ1v) is 11.1. The first kappa shape index (κ1) is 20.7. The Hall–Kier alpha value is -2.04. The van der Waals surface area contributed by atoms with E-state index >= 15 is 0 Å². The van der Waals surface area contributed by atoms with Gasteiger partial charge in [0.1, 0.15) is 13.2 Å². The molecule has 3 rings (SSSR count). The van der Waals surface area contributed by atoms with E-state index in [1.165, 1.54) is 0 Å². The quantitative estimate of drug-likeness (QED) is 0.730. The Morgan fingerprint density at radius 1 is 1.21 bits per heavy atom. The van der Waals surface area contributed by atoms with Crippen molar-refractivity contribution in [3.63, 3.8) is 0 Å². The van der Waals surface area contributed by atoms with Crippen molar-refractivity contribution in [3.8, 4) is 11.5 Å². The Kier molecular flexibility index (Phi) is 6.31. The minimum atomic E-state index is -3.36. The van der Waals surface area contributed by atoms with Crippen LogP contribution in [0.3, 0.4) is 0 Å². The summed E-state index contributed by atoms with van der Waals surface area (Å²) in [6.07, 6.45) is 2.77. The van der Waals surface area contributed by atoms with Gasteiger partial charge in [0, 0.05) is 44.1 Å². The predicted octanol–water partition coefficient (Wildman–Crippen LogP) is 1.41. The molecular weight excluding hydrogens is 386 g/mol. The highest BCUT2D eigenvalue weighted by atomic mass is 32.2. The van der Waals surface area contributed by atoms with E-state index in [2.05, 4.69) is 10.0 Å². The van der Waals surface area contributed by atoms with Crippen molar-refractivity contribution < 1.29 is 27.4 Å². The lowest BCUT2D eigenvalue weighted by Crippen LogP contribution is -2.56. The minimum absolute atomic E-state index is 0.226. The van der Waals surface area contributed by atoms with Gasteiger partial charge in [0.05, 0.1) is 6.26 Å². The number of nitrogens with one attached hydrogen (secondary N) is 2. The average molecular weight is 413 g/mol. The molecule has 2 amide bonds. The second-order valence-corrected chi connectivity index (χ2v) is 8.92. The number of benzene rings is 1. The number of methoxy groups -OCH3 is 1. The average Bonchev–Trinajstić information content (AvgIpc) is 2.65. The standard InChI is InChI=1S/C18H27N3O6S/c1-25-10-7-18(20-28(2,23)24)5-8-21(9-6-18)17(22)19-14-3-4-15-16(13-14)27-12-11-26-15/h3-4,13,20H,5-12H2,1-2H3,(H,19,22). The zero-order valence-corrected chi connectivity index (χ0v) is 17.0. The first-order valence-electron chi connectivity index (χ1n) is 9.24. The van der Waals surface area contributed by atoms with Crippen LogP contribution in [0, 0.1) is 0 Å². The second-order valence-electron chi connectivity index (χ2n) is 7.17. The van der Waals surface area contributed by atoms with E-state index in [1.807, 2.05) is 0 Å². The van der Waals surface area contributed by atoms with Crippen LogP contribution >= 0.6 is 0 Å². The molecule has 0 bridgehead atoms. The number of piperidine rings is 1. The Morgan fingerprint density at radius 3 is 2.54 bits per heavy atom. The molecule has 0 unspecified atom stereocenters. The maximum absolute atomic E-state index is 12.6. The van der Waals surface area contributed by atoms with Crippen molar-refractivity contribution in [2.75, 3.05) is 51.6 Å². The van der Waals surface area contributed by atoms with Gasteiger partial charge >= 0.3 is 6.03 Å². The lowest BCUT2D eigenvalue weighted by atomic mass is 9.86. The Bertz CT molecular complexity index is 806. The number of carbonyl (C=O) groups is 1. The summed E-state index contributed by atoms with van der Waals surface area (Å²) in [7, 11) is -1.77. The molecule has 156 valence electrons. The monoisotopic (exact) mass is 413 g/mol. The maximum atomic E-state index is 12.6. The molecule has 0 atom stereocenters. The molecule has 1 aromatic carbocycles. The van der Waals surface area contributed by atoms with Crippen molar-refractivity contribution in [3.05, 3.63) is 18.2 Å². The zero-order valence-electron chi connectivity index (χ0n) is 16.2. The smallest absolute Gasteiger partial charge is 0.321 e. The zero-order chi connectivity index (χ0) is 20.2. The van der Waals surface area contributed by atoms with Crippen LogP contribution in [0.1, 0.15) is 19.3 Å². The van der Waals surface area contributed by atoms with E-state index < -0.39 is 15.6 Å². The summed E-state index contributed by atoms with van der Waals surface area (Å²) in [5.41, 5.74) is 0.0388. The Labute approximate surface area is 165 Å². The number of urea groups is 1. The van der Waals surface area contributed by atoms with Crippen LogP contribution in [-0.2, 0) is 14.8 Å². The van der Waals surface area contributed by atoms with Crippen LogP contribution < -0.4 is 19.5 Å². The van der Waals surface area contributed by atoms with Crippen LogP contribution in [0.5, 0.6) is 11.5 Å². The third-order valence-electron chi connectivity index (χ3n) is 4.99. The number of sulfonamides is 1. The summed E-state index contributed by atoms with van der Waals surface area (Å²) in [6, 6.07) is 5.05. The molecule has 0 aliphatic carbocycles. The van der Waals surface area contributed by atoms with Crippen molar-refractivity contribution in [2.45, 2.75) is 24.8 Å². The van der Waals surface area contributed by atoms with Gasteiger partial charge in [0.15, 0.2) is 11.5 Å². The van der Waals surface area contributed by atoms with E-state index in [0.29, 0.717) is 69.4 Å². The van der Waals surface area contributed by atoms with Gasteiger partial charge in [0.2, 0.25) is 10.0 Å². The Morgan fingerprint density at radius 2 is 1.89 bits per heavy atom. The van der Waals surface area contributed by atoms with Crippen molar-refractivity contribution in [1.82, 2.24) is 9.62 Å². The molecule has 28 heavy (non-hydrogen) atoms. The number of hydrogen-bond acceptors (Lipinski definition) is 6. The molecule has 0 aromatic heterocycles. The number of anilines is 1. The van der Waals surface area contributed by atoms with Crippen LogP contribution in [0.15, 0.2) is 18.2 Å². The number of fused-ring (bicyclic) bond motifs is 1. The normalized spacial score (nSPS) is 18.6. The van der Waals surface area contributed by atoms with E-state index in [4.69, 9.17) is 14.2 Å². The topological polar surface area (TPSA) is 106 Å². The van der Waals surface area contributed by atoms with Crippen LogP contribution in [0.25, 0.3) is 0 Å². The third kappa shape index (κ3) is 5.27. The molecule has 2 aliphatic rings. The largest absolute Gasteiger partial charge is 0.486 e. The van der Waals surface area contributed by atoms with Gasteiger partial charge in [-0.1, -0.05) is 0 Å². The number of likely N-dealkylation sites (tertiary alicyclic amines) is 1. The van der Waals surface area contributed by atoms with Crippen LogP contribution in [0.4, 0.5) is 10.5 Å². The fourth-order valence-corrected chi connectivity index (χ4v) is 4.65. The number of ether oxygens (including phenoxy) is 3. The minimum Gasteiger partial charge on any atom is -0.486 e. The van der Waals surface area contributed by atoms with Gasteiger partial charge in [-0.25, -0.2) is 17.9 Å². The highest BCUT2D eigenvalue weighted by Gasteiger charge is 2.37. The maximum Gasteiger partial charge on any atom is 0.321 e. The van der Waals surface area contributed by atoms with Crippen molar-refractivity contribution in [1.29, 1.82) is 0 Å². The summed E-state index contributed by atoms with van der Waals surface area (Å²) < 4.78 is 42.5. The molecule has 0 saturated carbocycles. The summed E-state index contributed by atoms with van der Waals surface area (Å²) >= 11 is 0. The molecule has 2 heterocycles. The molecule has 1 fully saturated rings. The van der Waals surface area contributed by atoms with E-state index in [-0.39, 0.29) is 6.03 Å². The summed E-state index contributed by atoms with van der Waals surface area (Å²) in [5, 5.41) is 2.87. The Balaban J connectivity index is 1.60. The van der Waals surface area contributed by atoms with Crippen molar-refractivity contribution in [2.24, 2.45) is 0 Å². The molecule has 2 N–H and O–H groups in total. The molecule has 1 saturated heterocycles. The molecular formula is C18H27N3O6S. The highest BCUT2D eigenvalue weighted by molar-refractivity contribution is 7.88. The fraction of sp³-hybridized carbons (Fsp3) is 0.611. The van der Waals surface area contributed by atoms with Crippen molar-refractivity contribution >= 4 is 21.7 Å². The first-order chi connectivity index (χ1) is 13.3. The SMILES string of the molecule is COCCC1(NS(C)(=O)=O)CCN(C(=O)Nc2ccc3c(c2)OCCO3)CC1. The van der Waals surface area contributed by atoms with Crippen LogP contribution in [-0.4, -0.2) is 71.2 Å². The lowest BCUT2D eigenvalue weighted by molar-refractivity contribution is 0.119. The lowest BCUT2D eigenvalue weighted by Gasteiger charge is -2.41. The van der Waals surface area contributed by atoms with Crippen LogP contribution in [0.2, 0.25) is 0 Å². The van der Waals surface area contributed by atoms with E-state index in [1.54, 1.807) is 30.2 Å². The number of nitrogens with zero attached hydrogens (tertiary/aromatic N) is 1. The number of carbonyl (C=O) groups excluding carboxylic acids is 1. The van der Waals surface area contributed by atoms with Gasteiger partial charge in [0.25, 0.3) is 0 Å².